The van der Waals surface area contributed by atoms with Crippen molar-refractivity contribution in [3.8, 4) is 11.5 Å². The molecule has 24 heavy (non-hydrogen) atoms. The van der Waals surface area contributed by atoms with Crippen LogP contribution >= 0.6 is 0 Å². The molecular formula is C18H23NO5. The SMILES string of the molecule is COC(=O)C1CCN(C(=O)/C=C\c2cc(OC)cc(OC)c2)CC1. The highest BCUT2D eigenvalue weighted by Crippen LogP contribution is 2.23. The Balaban J connectivity index is 1.97. The van der Waals surface area contributed by atoms with Crippen LogP contribution in [0.5, 0.6) is 11.5 Å². The Morgan fingerprint density at radius 1 is 1.04 bits per heavy atom. The predicted octanol–water partition coefficient (Wildman–Crippen LogP) is 2.13. The molecule has 0 spiro atoms. The molecule has 130 valence electrons. The standard InChI is InChI=1S/C18H23NO5/c1-22-15-10-13(11-16(12-15)23-2)4-5-17(20)19-8-6-14(7-9-19)18(21)24-3/h4-5,10-12,14H,6-9H2,1-3H3/b5-4-. The minimum absolute atomic E-state index is 0.0693. The van der Waals surface area contributed by atoms with Gasteiger partial charge in [0.05, 0.1) is 27.2 Å². The van der Waals surface area contributed by atoms with Gasteiger partial charge in [-0.15, -0.1) is 0 Å². The van der Waals surface area contributed by atoms with Crippen molar-refractivity contribution in [3.05, 3.63) is 29.8 Å². The van der Waals surface area contributed by atoms with Crippen molar-refractivity contribution >= 4 is 18.0 Å². The molecule has 1 saturated heterocycles. The number of benzene rings is 1. The maximum absolute atomic E-state index is 12.3. The van der Waals surface area contributed by atoms with Crippen LogP contribution in [0, 0.1) is 5.92 Å². The average Bonchev–Trinajstić information content (AvgIpc) is 2.65. The number of hydrogen-bond acceptors (Lipinski definition) is 5. The third-order valence-electron chi connectivity index (χ3n) is 4.13. The number of esters is 1. The van der Waals surface area contributed by atoms with Crippen LogP contribution in [0.1, 0.15) is 18.4 Å². The van der Waals surface area contributed by atoms with Crippen molar-refractivity contribution < 1.29 is 23.8 Å². The number of rotatable bonds is 5. The first-order chi connectivity index (χ1) is 11.6. The largest absolute Gasteiger partial charge is 0.497 e. The molecule has 1 aliphatic heterocycles. The molecule has 0 saturated carbocycles. The molecule has 1 aromatic rings. The number of carbonyl (C=O) groups excluding carboxylic acids is 2. The normalized spacial score (nSPS) is 15.4. The van der Waals surface area contributed by atoms with E-state index in [2.05, 4.69) is 0 Å². The number of ether oxygens (including phenoxy) is 3. The van der Waals surface area contributed by atoms with Gasteiger partial charge in [0.1, 0.15) is 11.5 Å². The minimum atomic E-state index is -0.193. The average molecular weight is 333 g/mol. The fraction of sp³-hybridized carbons (Fsp3) is 0.444. The van der Waals surface area contributed by atoms with E-state index in [9.17, 15) is 9.59 Å². The summed E-state index contributed by atoms with van der Waals surface area (Å²) in [6.45, 7) is 1.12. The molecule has 0 radical (unpaired) electrons. The van der Waals surface area contributed by atoms with E-state index in [0.717, 1.165) is 5.56 Å². The Labute approximate surface area is 142 Å². The third-order valence-corrected chi connectivity index (χ3v) is 4.13. The van der Waals surface area contributed by atoms with Crippen molar-refractivity contribution in [2.24, 2.45) is 5.92 Å². The Hall–Kier alpha value is -2.50. The number of piperidine rings is 1. The van der Waals surface area contributed by atoms with Crippen LogP contribution in [-0.2, 0) is 14.3 Å². The lowest BCUT2D eigenvalue weighted by Gasteiger charge is -2.29. The van der Waals surface area contributed by atoms with Gasteiger partial charge in [-0.05, 0) is 36.6 Å². The Morgan fingerprint density at radius 3 is 2.12 bits per heavy atom. The number of hydrogen-bond donors (Lipinski definition) is 0. The highest BCUT2D eigenvalue weighted by atomic mass is 16.5. The highest BCUT2D eigenvalue weighted by Gasteiger charge is 2.26. The summed E-state index contributed by atoms with van der Waals surface area (Å²) in [5.41, 5.74) is 0.823. The molecular weight excluding hydrogens is 310 g/mol. The van der Waals surface area contributed by atoms with Gasteiger partial charge < -0.3 is 19.1 Å². The summed E-state index contributed by atoms with van der Waals surface area (Å²) in [5, 5.41) is 0. The van der Waals surface area contributed by atoms with Gasteiger partial charge in [-0.1, -0.05) is 0 Å². The first-order valence-electron chi connectivity index (χ1n) is 7.85. The molecule has 6 heteroatoms. The lowest BCUT2D eigenvalue weighted by Crippen LogP contribution is -2.39. The molecule has 1 heterocycles. The maximum Gasteiger partial charge on any atom is 0.308 e. The minimum Gasteiger partial charge on any atom is -0.497 e. The third kappa shape index (κ3) is 4.50. The van der Waals surface area contributed by atoms with Crippen molar-refractivity contribution in [2.75, 3.05) is 34.4 Å². The molecule has 1 amide bonds. The molecule has 0 atom stereocenters. The van der Waals surface area contributed by atoms with Crippen LogP contribution in [0.2, 0.25) is 0 Å². The summed E-state index contributed by atoms with van der Waals surface area (Å²) >= 11 is 0. The zero-order valence-electron chi connectivity index (χ0n) is 14.3. The van der Waals surface area contributed by atoms with E-state index in [4.69, 9.17) is 14.2 Å². The molecule has 0 N–H and O–H groups in total. The molecule has 1 fully saturated rings. The van der Waals surface area contributed by atoms with Gasteiger partial charge in [-0.3, -0.25) is 9.59 Å². The quantitative estimate of drug-likeness (QED) is 0.610. The summed E-state index contributed by atoms with van der Waals surface area (Å²) in [6.07, 6.45) is 4.55. The Bertz CT molecular complexity index is 596. The second-order valence-corrected chi connectivity index (χ2v) is 5.60. The number of amides is 1. The van der Waals surface area contributed by atoms with Gasteiger partial charge in [0, 0.05) is 25.2 Å². The van der Waals surface area contributed by atoms with Crippen LogP contribution in [0.25, 0.3) is 6.08 Å². The number of carbonyl (C=O) groups is 2. The summed E-state index contributed by atoms with van der Waals surface area (Å²) in [6, 6.07) is 5.43. The predicted molar refractivity (Wildman–Crippen MR) is 89.9 cm³/mol. The van der Waals surface area contributed by atoms with Crippen LogP contribution in [0.15, 0.2) is 24.3 Å². The summed E-state index contributed by atoms with van der Waals surface area (Å²) in [7, 11) is 4.56. The summed E-state index contributed by atoms with van der Waals surface area (Å²) in [5.74, 6) is 0.965. The van der Waals surface area contributed by atoms with Crippen molar-refractivity contribution in [1.82, 2.24) is 4.90 Å². The van der Waals surface area contributed by atoms with Gasteiger partial charge in [0.2, 0.25) is 5.91 Å². The van der Waals surface area contributed by atoms with E-state index in [1.54, 1.807) is 31.3 Å². The van der Waals surface area contributed by atoms with E-state index in [-0.39, 0.29) is 17.8 Å². The second kappa shape index (κ2) is 8.38. The lowest BCUT2D eigenvalue weighted by molar-refractivity contribution is -0.148. The monoisotopic (exact) mass is 333 g/mol. The highest BCUT2D eigenvalue weighted by molar-refractivity contribution is 5.92. The van der Waals surface area contributed by atoms with E-state index in [1.807, 2.05) is 12.1 Å². The molecule has 0 aliphatic carbocycles. The number of likely N-dealkylation sites (tertiary alicyclic amines) is 1. The van der Waals surface area contributed by atoms with Crippen molar-refractivity contribution in [1.29, 1.82) is 0 Å². The van der Waals surface area contributed by atoms with Gasteiger partial charge >= 0.3 is 5.97 Å². The van der Waals surface area contributed by atoms with E-state index in [1.165, 1.54) is 13.2 Å². The molecule has 0 unspecified atom stereocenters. The van der Waals surface area contributed by atoms with E-state index < -0.39 is 0 Å². The fourth-order valence-electron chi connectivity index (χ4n) is 2.70. The topological polar surface area (TPSA) is 65.1 Å². The van der Waals surface area contributed by atoms with Crippen LogP contribution < -0.4 is 9.47 Å². The van der Waals surface area contributed by atoms with Gasteiger partial charge in [0.15, 0.2) is 0 Å². The number of methoxy groups -OCH3 is 3. The molecule has 1 aliphatic rings. The molecule has 2 rings (SSSR count). The Kier molecular flexibility index (Phi) is 6.23. The molecule has 6 nitrogen and oxygen atoms in total. The van der Waals surface area contributed by atoms with Gasteiger partial charge in [-0.2, -0.15) is 0 Å². The zero-order chi connectivity index (χ0) is 17.5. The number of nitrogens with zero attached hydrogens (tertiary/aromatic N) is 1. The Morgan fingerprint density at radius 2 is 1.62 bits per heavy atom. The van der Waals surface area contributed by atoms with Crippen LogP contribution in [0.4, 0.5) is 0 Å². The first-order valence-corrected chi connectivity index (χ1v) is 7.85. The van der Waals surface area contributed by atoms with Crippen molar-refractivity contribution in [2.45, 2.75) is 12.8 Å². The summed E-state index contributed by atoms with van der Waals surface area (Å²) < 4.78 is 15.2. The van der Waals surface area contributed by atoms with Crippen LogP contribution in [0.3, 0.4) is 0 Å². The second-order valence-electron chi connectivity index (χ2n) is 5.60. The fourth-order valence-corrected chi connectivity index (χ4v) is 2.70. The first kappa shape index (κ1) is 17.8. The molecule has 1 aromatic carbocycles. The van der Waals surface area contributed by atoms with Crippen molar-refractivity contribution in [3.63, 3.8) is 0 Å². The van der Waals surface area contributed by atoms with Gasteiger partial charge in [0.25, 0.3) is 0 Å². The lowest BCUT2D eigenvalue weighted by atomic mass is 9.97. The zero-order valence-corrected chi connectivity index (χ0v) is 14.3. The summed E-state index contributed by atoms with van der Waals surface area (Å²) in [4.78, 5) is 25.5. The smallest absolute Gasteiger partial charge is 0.308 e. The van der Waals surface area contributed by atoms with Crippen LogP contribution in [-0.4, -0.2) is 51.2 Å². The van der Waals surface area contributed by atoms with E-state index >= 15 is 0 Å². The molecule has 0 aromatic heterocycles. The van der Waals surface area contributed by atoms with E-state index in [0.29, 0.717) is 37.4 Å². The van der Waals surface area contributed by atoms with Gasteiger partial charge in [-0.25, -0.2) is 0 Å². The maximum atomic E-state index is 12.3. The molecule has 0 bridgehead atoms.